The Morgan fingerprint density at radius 3 is 2.54 bits per heavy atom. The maximum Gasteiger partial charge on any atom is 0.326 e. The van der Waals surface area contributed by atoms with Crippen molar-refractivity contribution < 1.29 is 0 Å². The molecule has 0 aliphatic heterocycles. The number of aryl methyl sites for hydroxylation is 1. The number of rotatable bonds is 2. The summed E-state index contributed by atoms with van der Waals surface area (Å²) in [5.74, 6) is 0.913. The van der Waals surface area contributed by atoms with Gasteiger partial charge in [-0.25, -0.2) is 9.78 Å². The topological polar surface area (TPSA) is 66.8 Å². The Bertz CT molecular complexity index is 1110. The van der Waals surface area contributed by atoms with Crippen LogP contribution in [0.5, 0.6) is 0 Å². The van der Waals surface area contributed by atoms with E-state index >= 15 is 0 Å². The van der Waals surface area contributed by atoms with Crippen LogP contribution in [0.25, 0.3) is 33.1 Å². The molecule has 6 nitrogen and oxygen atoms in total. The predicted molar refractivity (Wildman–Crippen MR) is 96.4 cm³/mol. The summed E-state index contributed by atoms with van der Waals surface area (Å²) in [5.41, 5.74) is 4.39. The second-order valence-electron chi connectivity index (χ2n) is 6.04. The smallest absolute Gasteiger partial charge is 0.326 e. The first-order valence-corrected chi connectivity index (χ1v) is 7.66. The van der Waals surface area contributed by atoms with E-state index in [0.717, 1.165) is 38.9 Å². The number of hydrogen-bond acceptors (Lipinski definition) is 4. The van der Waals surface area contributed by atoms with Gasteiger partial charge in [-0.15, -0.1) is 0 Å². The molecule has 0 fully saturated rings. The molecular weight excluding hydrogens is 302 g/mol. The molecule has 0 atom stereocenters. The van der Waals surface area contributed by atoms with Gasteiger partial charge in [-0.05, 0) is 29.8 Å². The molecule has 0 bridgehead atoms. The summed E-state index contributed by atoms with van der Waals surface area (Å²) in [6, 6.07) is 10.1. The van der Waals surface area contributed by atoms with Gasteiger partial charge in [0.25, 0.3) is 0 Å². The number of benzene rings is 1. The molecule has 4 aromatic rings. The van der Waals surface area contributed by atoms with Gasteiger partial charge in [-0.3, -0.25) is 9.55 Å². The SMILES string of the molecule is CN(C)c1ccc(-c2ccc3ncc4c([nH]c(=O)n4C)c3c2)cn1. The van der Waals surface area contributed by atoms with Gasteiger partial charge in [0.15, 0.2) is 0 Å². The molecule has 1 N–H and O–H groups in total. The highest BCUT2D eigenvalue weighted by molar-refractivity contribution is 6.03. The Hall–Kier alpha value is -3.15. The minimum atomic E-state index is -0.137. The molecule has 6 heteroatoms. The number of anilines is 1. The summed E-state index contributed by atoms with van der Waals surface area (Å²) in [7, 11) is 5.67. The van der Waals surface area contributed by atoms with E-state index in [1.807, 2.05) is 55.5 Å². The molecule has 3 aromatic heterocycles. The number of hydrogen-bond donors (Lipinski definition) is 1. The maximum atomic E-state index is 11.9. The predicted octanol–water partition coefficient (Wildman–Crippen LogP) is 2.54. The minimum Gasteiger partial charge on any atom is -0.363 e. The van der Waals surface area contributed by atoms with E-state index in [2.05, 4.69) is 15.0 Å². The minimum absolute atomic E-state index is 0.137. The van der Waals surface area contributed by atoms with Crippen LogP contribution in [-0.2, 0) is 7.05 Å². The van der Waals surface area contributed by atoms with Crippen molar-refractivity contribution in [3.8, 4) is 11.1 Å². The number of H-pyrrole nitrogens is 1. The van der Waals surface area contributed by atoms with Gasteiger partial charge in [0.2, 0.25) is 0 Å². The van der Waals surface area contributed by atoms with Crippen LogP contribution in [-0.4, -0.2) is 33.6 Å². The second kappa shape index (κ2) is 5.19. The Balaban J connectivity index is 1.92. The summed E-state index contributed by atoms with van der Waals surface area (Å²) in [6.07, 6.45) is 3.58. The zero-order valence-corrected chi connectivity index (χ0v) is 13.7. The van der Waals surface area contributed by atoms with Gasteiger partial charge in [-0.2, -0.15) is 0 Å². The van der Waals surface area contributed by atoms with Crippen molar-refractivity contribution in [3.63, 3.8) is 0 Å². The normalized spacial score (nSPS) is 11.3. The van der Waals surface area contributed by atoms with Gasteiger partial charge >= 0.3 is 5.69 Å². The highest BCUT2D eigenvalue weighted by Gasteiger charge is 2.10. The van der Waals surface area contributed by atoms with Crippen molar-refractivity contribution >= 4 is 27.8 Å². The zero-order valence-electron chi connectivity index (χ0n) is 13.7. The van der Waals surface area contributed by atoms with E-state index in [1.165, 1.54) is 0 Å². The van der Waals surface area contributed by atoms with Crippen LogP contribution in [0.4, 0.5) is 5.82 Å². The molecule has 4 rings (SSSR count). The quantitative estimate of drug-likeness (QED) is 0.616. The van der Waals surface area contributed by atoms with Crippen LogP contribution in [0.3, 0.4) is 0 Å². The molecule has 120 valence electrons. The Kier molecular flexibility index (Phi) is 3.13. The van der Waals surface area contributed by atoms with Gasteiger partial charge in [0, 0.05) is 38.3 Å². The van der Waals surface area contributed by atoms with Gasteiger partial charge in [0.1, 0.15) is 5.82 Å². The van der Waals surface area contributed by atoms with Gasteiger partial charge in [-0.1, -0.05) is 6.07 Å². The second-order valence-corrected chi connectivity index (χ2v) is 6.04. The lowest BCUT2D eigenvalue weighted by molar-refractivity contribution is 0.890. The molecule has 24 heavy (non-hydrogen) atoms. The third-order valence-electron chi connectivity index (χ3n) is 4.29. The summed E-state index contributed by atoms with van der Waals surface area (Å²) in [5, 5.41) is 0.930. The molecule has 0 amide bonds. The van der Waals surface area contributed by atoms with Gasteiger partial charge < -0.3 is 9.88 Å². The molecule has 3 heterocycles. The monoisotopic (exact) mass is 319 g/mol. The fourth-order valence-electron chi connectivity index (χ4n) is 2.87. The third-order valence-corrected chi connectivity index (χ3v) is 4.29. The molecular formula is C18H17N5O. The van der Waals surface area contributed by atoms with Crippen LogP contribution in [0.1, 0.15) is 0 Å². The van der Waals surface area contributed by atoms with E-state index < -0.39 is 0 Å². The first-order chi connectivity index (χ1) is 11.5. The summed E-state index contributed by atoms with van der Waals surface area (Å²) in [4.78, 5) is 25.7. The number of aromatic nitrogens is 4. The molecule has 0 aliphatic carbocycles. The van der Waals surface area contributed by atoms with Crippen LogP contribution in [0.15, 0.2) is 47.5 Å². The van der Waals surface area contributed by atoms with Crippen molar-refractivity contribution in [1.82, 2.24) is 19.5 Å². The Morgan fingerprint density at radius 1 is 1.04 bits per heavy atom. The summed E-state index contributed by atoms with van der Waals surface area (Å²) in [6.45, 7) is 0. The molecule has 1 aromatic carbocycles. The lowest BCUT2D eigenvalue weighted by atomic mass is 10.0. The molecule has 0 saturated heterocycles. The Labute approximate surface area is 138 Å². The fraction of sp³-hybridized carbons (Fsp3) is 0.167. The first kappa shape index (κ1) is 14.4. The molecule has 0 saturated carbocycles. The number of imidazole rings is 1. The highest BCUT2D eigenvalue weighted by Crippen LogP contribution is 2.27. The zero-order chi connectivity index (χ0) is 16.8. The third kappa shape index (κ3) is 2.15. The molecule has 0 spiro atoms. The van der Waals surface area contributed by atoms with E-state index in [4.69, 9.17) is 0 Å². The average Bonchev–Trinajstić information content (AvgIpc) is 2.89. The maximum absolute atomic E-state index is 11.9. The van der Waals surface area contributed by atoms with Crippen molar-refractivity contribution in [2.75, 3.05) is 19.0 Å². The fourth-order valence-corrected chi connectivity index (χ4v) is 2.87. The first-order valence-electron chi connectivity index (χ1n) is 7.66. The number of pyridine rings is 2. The molecule has 0 radical (unpaired) electrons. The Morgan fingerprint density at radius 2 is 1.83 bits per heavy atom. The summed E-state index contributed by atoms with van der Waals surface area (Å²) >= 11 is 0. The van der Waals surface area contributed by atoms with E-state index in [-0.39, 0.29) is 5.69 Å². The summed E-state index contributed by atoms with van der Waals surface area (Å²) < 4.78 is 1.57. The number of nitrogens with zero attached hydrogens (tertiary/aromatic N) is 4. The van der Waals surface area contributed by atoms with Crippen LogP contribution in [0.2, 0.25) is 0 Å². The molecule has 0 aliphatic rings. The van der Waals surface area contributed by atoms with Crippen molar-refractivity contribution in [3.05, 3.63) is 53.2 Å². The lowest BCUT2D eigenvalue weighted by Crippen LogP contribution is -2.11. The number of nitrogens with one attached hydrogen (secondary N) is 1. The lowest BCUT2D eigenvalue weighted by Gasteiger charge is -2.11. The van der Waals surface area contributed by atoms with Crippen LogP contribution < -0.4 is 10.6 Å². The number of aromatic amines is 1. The van der Waals surface area contributed by atoms with E-state index in [1.54, 1.807) is 17.8 Å². The average molecular weight is 319 g/mol. The largest absolute Gasteiger partial charge is 0.363 e. The van der Waals surface area contributed by atoms with E-state index in [0.29, 0.717) is 0 Å². The molecule has 0 unspecified atom stereocenters. The standard InChI is InChI=1S/C18H17N5O/c1-22(2)16-7-5-12(9-20-16)11-4-6-14-13(8-11)17-15(10-19-14)23(3)18(24)21-17/h4-10H,1-3H3,(H,21,24). The van der Waals surface area contributed by atoms with E-state index in [9.17, 15) is 4.79 Å². The van der Waals surface area contributed by atoms with Crippen LogP contribution in [0, 0.1) is 0 Å². The highest BCUT2D eigenvalue weighted by atomic mass is 16.1. The van der Waals surface area contributed by atoms with Crippen LogP contribution >= 0.6 is 0 Å². The van der Waals surface area contributed by atoms with Crippen molar-refractivity contribution in [2.24, 2.45) is 7.05 Å². The van der Waals surface area contributed by atoms with Crippen molar-refractivity contribution in [2.45, 2.75) is 0 Å². The van der Waals surface area contributed by atoms with Gasteiger partial charge in [0.05, 0.1) is 22.7 Å². The number of fused-ring (bicyclic) bond motifs is 3. The van der Waals surface area contributed by atoms with Crippen molar-refractivity contribution in [1.29, 1.82) is 0 Å².